The summed E-state index contributed by atoms with van der Waals surface area (Å²) in [5.74, 6) is 0.668. The monoisotopic (exact) mass is 338 g/mol. The number of hydrogen-bond donors (Lipinski definition) is 2. The van der Waals surface area contributed by atoms with E-state index in [1.807, 2.05) is 29.3 Å². The molecular weight excluding hydrogens is 312 g/mol. The third-order valence-corrected chi connectivity index (χ3v) is 5.55. The standard InChI is InChI=1S/C20H26N4O/c25-20(22-18-9-10-19-17(11-18)12-21-23-19)24(14-16-7-4-8-16)13-15-5-2-1-3-6-15/h1-3,5-6,12,16,18H,4,7-11,13-14H2,(H,21,23)(H,22,25). The predicted octanol–water partition coefficient (Wildman–Crippen LogP) is 3.28. The summed E-state index contributed by atoms with van der Waals surface area (Å²) in [6.45, 7) is 1.55. The first-order valence-corrected chi connectivity index (χ1v) is 9.38. The molecule has 5 nitrogen and oxygen atoms in total. The Balaban J connectivity index is 1.40. The number of aryl methyl sites for hydroxylation is 1. The number of carbonyl (C=O) groups excluding carboxylic acids is 1. The van der Waals surface area contributed by atoms with Crippen LogP contribution in [0.15, 0.2) is 36.5 Å². The lowest BCUT2D eigenvalue weighted by Crippen LogP contribution is -2.48. The van der Waals surface area contributed by atoms with E-state index in [0.717, 1.165) is 25.8 Å². The Kier molecular flexibility index (Phi) is 4.72. The van der Waals surface area contributed by atoms with Crippen molar-refractivity contribution in [2.24, 2.45) is 5.92 Å². The molecule has 2 aliphatic carbocycles. The maximum atomic E-state index is 12.9. The van der Waals surface area contributed by atoms with Gasteiger partial charge in [0.15, 0.2) is 0 Å². The average molecular weight is 338 g/mol. The third kappa shape index (κ3) is 3.86. The van der Waals surface area contributed by atoms with Crippen molar-refractivity contribution in [1.29, 1.82) is 0 Å². The second-order valence-electron chi connectivity index (χ2n) is 7.43. The van der Waals surface area contributed by atoms with Gasteiger partial charge in [0.2, 0.25) is 0 Å². The minimum absolute atomic E-state index is 0.0766. The molecule has 1 atom stereocenters. The van der Waals surface area contributed by atoms with Crippen molar-refractivity contribution in [3.63, 3.8) is 0 Å². The molecular formula is C20H26N4O. The smallest absolute Gasteiger partial charge is 0.317 e. The van der Waals surface area contributed by atoms with E-state index in [1.165, 1.54) is 36.1 Å². The van der Waals surface area contributed by atoms with E-state index in [1.54, 1.807) is 0 Å². The van der Waals surface area contributed by atoms with Crippen molar-refractivity contribution < 1.29 is 4.79 Å². The van der Waals surface area contributed by atoms with E-state index in [9.17, 15) is 4.79 Å². The Morgan fingerprint density at radius 2 is 2.08 bits per heavy atom. The van der Waals surface area contributed by atoms with Crippen LogP contribution in [-0.4, -0.2) is 33.7 Å². The molecule has 25 heavy (non-hydrogen) atoms. The van der Waals surface area contributed by atoms with Crippen molar-refractivity contribution in [3.8, 4) is 0 Å². The van der Waals surface area contributed by atoms with Gasteiger partial charge in [-0.25, -0.2) is 4.79 Å². The second-order valence-corrected chi connectivity index (χ2v) is 7.43. The molecule has 4 rings (SSSR count). The number of fused-ring (bicyclic) bond motifs is 1. The zero-order valence-electron chi connectivity index (χ0n) is 14.6. The van der Waals surface area contributed by atoms with Gasteiger partial charge in [-0.1, -0.05) is 36.8 Å². The molecule has 1 aromatic carbocycles. The number of nitrogens with zero attached hydrogens (tertiary/aromatic N) is 2. The molecule has 1 saturated carbocycles. The first-order chi connectivity index (χ1) is 12.3. The second kappa shape index (κ2) is 7.30. The summed E-state index contributed by atoms with van der Waals surface area (Å²) >= 11 is 0. The van der Waals surface area contributed by atoms with Crippen LogP contribution in [-0.2, 0) is 19.4 Å². The molecule has 5 heteroatoms. The molecule has 0 bridgehead atoms. The summed E-state index contributed by atoms with van der Waals surface area (Å²) in [5.41, 5.74) is 3.66. The highest BCUT2D eigenvalue weighted by molar-refractivity contribution is 5.74. The number of aromatic amines is 1. The van der Waals surface area contributed by atoms with Crippen molar-refractivity contribution in [2.45, 2.75) is 51.1 Å². The van der Waals surface area contributed by atoms with Crippen LogP contribution < -0.4 is 5.32 Å². The van der Waals surface area contributed by atoms with E-state index < -0.39 is 0 Å². The van der Waals surface area contributed by atoms with Crippen molar-refractivity contribution in [2.75, 3.05) is 6.54 Å². The molecule has 1 unspecified atom stereocenters. The van der Waals surface area contributed by atoms with Gasteiger partial charge in [-0.15, -0.1) is 0 Å². The van der Waals surface area contributed by atoms with Crippen LogP contribution in [0.4, 0.5) is 4.79 Å². The fourth-order valence-corrected chi connectivity index (χ4v) is 3.82. The van der Waals surface area contributed by atoms with Gasteiger partial charge in [-0.2, -0.15) is 5.10 Å². The number of urea groups is 1. The lowest BCUT2D eigenvalue weighted by molar-refractivity contribution is 0.160. The first kappa shape index (κ1) is 16.2. The molecule has 2 aromatic rings. The third-order valence-electron chi connectivity index (χ3n) is 5.55. The van der Waals surface area contributed by atoms with E-state index in [-0.39, 0.29) is 12.1 Å². The molecule has 1 heterocycles. The van der Waals surface area contributed by atoms with Crippen LogP contribution in [0.25, 0.3) is 0 Å². The number of rotatable bonds is 5. The van der Waals surface area contributed by atoms with Gasteiger partial charge in [0.25, 0.3) is 0 Å². The topological polar surface area (TPSA) is 61.0 Å². The zero-order valence-corrected chi connectivity index (χ0v) is 14.6. The predicted molar refractivity (Wildman–Crippen MR) is 97.1 cm³/mol. The van der Waals surface area contributed by atoms with Gasteiger partial charge in [-0.05, 0) is 49.1 Å². The number of nitrogens with one attached hydrogen (secondary N) is 2. The maximum absolute atomic E-state index is 12.9. The highest BCUT2D eigenvalue weighted by Crippen LogP contribution is 2.28. The van der Waals surface area contributed by atoms with E-state index >= 15 is 0 Å². The summed E-state index contributed by atoms with van der Waals surface area (Å²) < 4.78 is 0. The molecule has 1 aromatic heterocycles. The average Bonchev–Trinajstić information content (AvgIpc) is 3.05. The summed E-state index contributed by atoms with van der Waals surface area (Å²) in [7, 11) is 0. The Labute approximate surface area is 148 Å². The Hall–Kier alpha value is -2.30. The Bertz CT molecular complexity index is 707. The molecule has 0 saturated heterocycles. The molecule has 0 aliphatic heterocycles. The number of hydrogen-bond acceptors (Lipinski definition) is 2. The molecule has 2 amide bonds. The molecule has 1 fully saturated rings. The Morgan fingerprint density at radius 1 is 1.24 bits per heavy atom. The van der Waals surface area contributed by atoms with Gasteiger partial charge in [0, 0.05) is 24.8 Å². The number of aromatic nitrogens is 2. The minimum atomic E-state index is 0.0766. The highest BCUT2D eigenvalue weighted by atomic mass is 16.2. The van der Waals surface area contributed by atoms with Crippen LogP contribution in [0.3, 0.4) is 0 Å². The fraction of sp³-hybridized carbons (Fsp3) is 0.500. The Morgan fingerprint density at radius 3 is 2.84 bits per heavy atom. The zero-order chi connectivity index (χ0) is 17.1. The molecule has 2 aliphatic rings. The molecule has 0 spiro atoms. The minimum Gasteiger partial charge on any atom is -0.335 e. The fourth-order valence-electron chi connectivity index (χ4n) is 3.82. The summed E-state index contributed by atoms with van der Waals surface area (Å²) in [4.78, 5) is 14.9. The first-order valence-electron chi connectivity index (χ1n) is 9.38. The lowest BCUT2D eigenvalue weighted by Gasteiger charge is -2.34. The van der Waals surface area contributed by atoms with E-state index in [4.69, 9.17) is 0 Å². The maximum Gasteiger partial charge on any atom is 0.317 e. The van der Waals surface area contributed by atoms with Crippen LogP contribution in [0, 0.1) is 5.92 Å². The number of carbonyl (C=O) groups is 1. The SMILES string of the molecule is O=C(NC1CCc2[nH]ncc2C1)N(Cc1ccccc1)CC1CCC1. The van der Waals surface area contributed by atoms with E-state index in [0.29, 0.717) is 12.5 Å². The molecule has 2 N–H and O–H groups in total. The van der Waals surface area contributed by atoms with Gasteiger partial charge in [0.05, 0.1) is 6.20 Å². The number of benzene rings is 1. The molecule has 132 valence electrons. The quantitative estimate of drug-likeness (QED) is 0.879. The molecule has 0 radical (unpaired) electrons. The van der Waals surface area contributed by atoms with Crippen molar-refractivity contribution in [3.05, 3.63) is 53.3 Å². The van der Waals surface area contributed by atoms with Crippen molar-refractivity contribution in [1.82, 2.24) is 20.4 Å². The number of amides is 2. The van der Waals surface area contributed by atoms with Gasteiger partial charge < -0.3 is 10.2 Å². The summed E-state index contributed by atoms with van der Waals surface area (Å²) in [6.07, 6.45) is 8.51. The van der Waals surface area contributed by atoms with Crippen LogP contribution in [0.1, 0.15) is 42.5 Å². The lowest BCUT2D eigenvalue weighted by atomic mass is 9.85. The van der Waals surface area contributed by atoms with Crippen LogP contribution >= 0.6 is 0 Å². The normalized spacial score (nSPS) is 19.8. The van der Waals surface area contributed by atoms with Crippen LogP contribution in [0.5, 0.6) is 0 Å². The van der Waals surface area contributed by atoms with E-state index in [2.05, 4.69) is 27.6 Å². The number of H-pyrrole nitrogens is 1. The van der Waals surface area contributed by atoms with Gasteiger partial charge >= 0.3 is 6.03 Å². The largest absolute Gasteiger partial charge is 0.335 e. The van der Waals surface area contributed by atoms with Gasteiger partial charge in [0.1, 0.15) is 0 Å². The summed E-state index contributed by atoms with van der Waals surface area (Å²) in [5, 5.41) is 10.4. The highest BCUT2D eigenvalue weighted by Gasteiger charge is 2.27. The van der Waals surface area contributed by atoms with Crippen LogP contribution in [0.2, 0.25) is 0 Å². The van der Waals surface area contributed by atoms with Crippen molar-refractivity contribution >= 4 is 6.03 Å². The summed E-state index contributed by atoms with van der Waals surface area (Å²) in [6, 6.07) is 10.6. The van der Waals surface area contributed by atoms with Gasteiger partial charge in [-0.3, -0.25) is 5.10 Å².